The molecule has 0 aliphatic heterocycles. The van der Waals surface area contributed by atoms with Crippen molar-refractivity contribution in [3.05, 3.63) is 78.4 Å². The summed E-state index contributed by atoms with van der Waals surface area (Å²) in [6, 6.07) is 23.5. The van der Waals surface area contributed by atoms with E-state index >= 15 is 0 Å². The Morgan fingerprint density at radius 2 is 1.62 bits per heavy atom. The predicted molar refractivity (Wildman–Crippen MR) is 103 cm³/mol. The number of H-pyrrole nitrogens is 1. The number of nitrogens with one attached hydrogen (secondary N) is 1. The van der Waals surface area contributed by atoms with Gasteiger partial charge in [-0.3, -0.25) is 0 Å². The molecule has 0 spiro atoms. The van der Waals surface area contributed by atoms with Gasteiger partial charge in [-0.05, 0) is 42.3 Å². The zero-order valence-corrected chi connectivity index (χ0v) is 14.4. The average molecular weight is 342 g/mol. The van der Waals surface area contributed by atoms with E-state index in [2.05, 4.69) is 11.1 Å². The number of rotatable bonds is 4. The highest BCUT2D eigenvalue weighted by Gasteiger charge is 2.12. The molecule has 0 atom stereocenters. The summed E-state index contributed by atoms with van der Waals surface area (Å²) >= 11 is 0. The summed E-state index contributed by atoms with van der Waals surface area (Å²) in [7, 11) is 0. The van der Waals surface area contributed by atoms with E-state index in [9.17, 15) is 4.79 Å². The van der Waals surface area contributed by atoms with E-state index in [0.717, 1.165) is 33.5 Å². The van der Waals surface area contributed by atoms with Crippen LogP contribution in [-0.4, -0.2) is 22.5 Å². The van der Waals surface area contributed by atoms with Crippen LogP contribution in [0, 0.1) is 0 Å². The molecule has 0 amide bonds. The first kappa shape index (κ1) is 16.1. The third-order valence-electron chi connectivity index (χ3n) is 4.28. The largest absolute Gasteiger partial charge is 0.462 e. The fourth-order valence-electron chi connectivity index (χ4n) is 3.02. The summed E-state index contributed by atoms with van der Waals surface area (Å²) in [5, 5.41) is 0. The van der Waals surface area contributed by atoms with Gasteiger partial charge in [0, 0.05) is 5.56 Å². The van der Waals surface area contributed by atoms with Crippen LogP contribution in [0.2, 0.25) is 0 Å². The highest BCUT2D eigenvalue weighted by atomic mass is 16.5. The van der Waals surface area contributed by atoms with Crippen molar-refractivity contribution in [3.63, 3.8) is 0 Å². The Hall–Kier alpha value is -3.40. The van der Waals surface area contributed by atoms with Crippen molar-refractivity contribution in [1.82, 2.24) is 9.97 Å². The van der Waals surface area contributed by atoms with E-state index in [1.54, 1.807) is 19.1 Å². The lowest BCUT2D eigenvalue weighted by molar-refractivity contribution is 0.0526. The van der Waals surface area contributed by atoms with Gasteiger partial charge in [0.1, 0.15) is 5.82 Å². The maximum absolute atomic E-state index is 11.8. The van der Waals surface area contributed by atoms with E-state index in [1.807, 2.05) is 54.6 Å². The Labute approximate surface area is 151 Å². The van der Waals surface area contributed by atoms with Gasteiger partial charge in [-0.25, -0.2) is 9.78 Å². The lowest BCUT2D eigenvalue weighted by atomic mass is 9.98. The van der Waals surface area contributed by atoms with Crippen LogP contribution >= 0.6 is 0 Å². The lowest BCUT2D eigenvalue weighted by Crippen LogP contribution is -2.04. The fraction of sp³-hybridized carbons (Fsp3) is 0.0909. The summed E-state index contributed by atoms with van der Waals surface area (Å²) < 4.78 is 5.05. The number of hydrogen-bond donors (Lipinski definition) is 1. The number of imidazole rings is 1. The summed E-state index contributed by atoms with van der Waals surface area (Å²) in [4.78, 5) is 19.9. The molecule has 1 aromatic heterocycles. The molecule has 1 heterocycles. The van der Waals surface area contributed by atoms with Gasteiger partial charge >= 0.3 is 5.97 Å². The molecule has 4 heteroatoms. The SMILES string of the molecule is CCOC(=O)c1ccc(-c2ccccc2-c2nc3ccccc3[nH]2)cc1. The van der Waals surface area contributed by atoms with Crippen molar-refractivity contribution in [2.75, 3.05) is 6.61 Å². The molecular formula is C22H18N2O2. The lowest BCUT2D eigenvalue weighted by Gasteiger charge is -2.08. The minimum Gasteiger partial charge on any atom is -0.462 e. The van der Waals surface area contributed by atoms with Crippen LogP contribution in [0.3, 0.4) is 0 Å². The monoisotopic (exact) mass is 342 g/mol. The smallest absolute Gasteiger partial charge is 0.338 e. The highest BCUT2D eigenvalue weighted by Crippen LogP contribution is 2.31. The van der Waals surface area contributed by atoms with E-state index < -0.39 is 0 Å². The van der Waals surface area contributed by atoms with E-state index in [1.165, 1.54) is 0 Å². The normalized spacial score (nSPS) is 10.8. The number of carbonyl (C=O) groups is 1. The van der Waals surface area contributed by atoms with Gasteiger partial charge in [0.25, 0.3) is 0 Å². The summed E-state index contributed by atoms with van der Waals surface area (Å²) in [6.45, 7) is 2.17. The van der Waals surface area contributed by atoms with Gasteiger partial charge in [0.05, 0.1) is 23.2 Å². The number of carbonyl (C=O) groups excluding carboxylic acids is 1. The van der Waals surface area contributed by atoms with Crippen molar-refractivity contribution in [2.45, 2.75) is 6.92 Å². The summed E-state index contributed by atoms with van der Waals surface area (Å²) in [5.41, 5.74) is 5.60. The molecule has 0 radical (unpaired) electrons. The van der Waals surface area contributed by atoms with E-state index in [0.29, 0.717) is 12.2 Å². The van der Waals surface area contributed by atoms with Gasteiger partial charge in [-0.2, -0.15) is 0 Å². The highest BCUT2D eigenvalue weighted by molar-refractivity contribution is 5.91. The molecule has 0 bridgehead atoms. The number of benzene rings is 3. The molecular weight excluding hydrogens is 324 g/mol. The van der Waals surface area contributed by atoms with E-state index in [-0.39, 0.29) is 5.97 Å². The molecule has 0 saturated carbocycles. The topological polar surface area (TPSA) is 55.0 Å². The number of ether oxygens (including phenoxy) is 1. The Kier molecular flexibility index (Phi) is 4.23. The standard InChI is InChI=1S/C22H18N2O2/c1-2-26-22(25)16-13-11-15(12-14-16)17-7-3-4-8-18(17)21-23-19-9-5-6-10-20(19)24-21/h3-14H,2H2,1H3,(H,23,24). The van der Waals surface area contributed by atoms with Crippen LogP contribution in [0.4, 0.5) is 0 Å². The molecule has 0 saturated heterocycles. The number of nitrogens with zero attached hydrogens (tertiary/aromatic N) is 1. The second-order valence-corrected chi connectivity index (χ2v) is 5.95. The number of aromatic amines is 1. The molecule has 4 rings (SSSR count). The van der Waals surface area contributed by atoms with E-state index in [4.69, 9.17) is 9.72 Å². The second kappa shape index (κ2) is 6.84. The average Bonchev–Trinajstić information content (AvgIpc) is 3.12. The maximum atomic E-state index is 11.8. The molecule has 128 valence electrons. The number of esters is 1. The fourth-order valence-corrected chi connectivity index (χ4v) is 3.02. The number of fused-ring (bicyclic) bond motifs is 1. The number of hydrogen-bond acceptors (Lipinski definition) is 3. The maximum Gasteiger partial charge on any atom is 0.338 e. The van der Waals surface area contributed by atoms with Crippen molar-refractivity contribution in [1.29, 1.82) is 0 Å². The first-order valence-electron chi connectivity index (χ1n) is 8.58. The van der Waals surface area contributed by atoms with Crippen molar-refractivity contribution < 1.29 is 9.53 Å². The molecule has 4 aromatic rings. The van der Waals surface area contributed by atoms with Crippen molar-refractivity contribution in [3.8, 4) is 22.5 Å². The first-order chi connectivity index (χ1) is 12.8. The third-order valence-corrected chi connectivity index (χ3v) is 4.28. The Bertz CT molecular complexity index is 1030. The Balaban J connectivity index is 1.75. The van der Waals surface area contributed by atoms with Crippen LogP contribution in [0.1, 0.15) is 17.3 Å². The van der Waals surface area contributed by atoms with Crippen LogP contribution in [0.15, 0.2) is 72.8 Å². The van der Waals surface area contributed by atoms with Gasteiger partial charge in [-0.1, -0.05) is 48.5 Å². The minimum absolute atomic E-state index is 0.301. The van der Waals surface area contributed by atoms with Crippen molar-refractivity contribution in [2.24, 2.45) is 0 Å². The summed E-state index contributed by atoms with van der Waals surface area (Å²) in [6.07, 6.45) is 0. The quantitative estimate of drug-likeness (QED) is 0.527. The van der Waals surface area contributed by atoms with Gasteiger partial charge < -0.3 is 9.72 Å². The van der Waals surface area contributed by atoms with Gasteiger partial charge in [0.15, 0.2) is 0 Å². The molecule has 4 nitrogen and oxygen atoms in total. The molecule has 3 aromatic carbocycles. The molecule has 0 fully saturated rings. The number of aromatic nitrogens is 2. The van der Waals surface area contributed by atoms with Crippen LogP contribution < -0.4 is 0 Å². The van der Waals surface area contributed by atoms with Gasteiger partial charge in [-0.15, -0.1) is 0 Å². The molecule has 0 aliphatic carbocycles. The molecule has 0 aliphatic rings. The minimum atomic E-state index is -0.301. The van der Waals surface area contributed by atoms with Gasteiger partial charge in [0.2, 0.25) is 0 Å². The van der Waals surface area contributed by atoms with Crippen LogP contribution in [-0.2, 0) is 4.74 Å². The third kappa shape index (κ3) is 2.97. The molecule has 1 N–H and O–H groups in total. The zero-order chi connectivity index (χ0) is 17.9. The Morgan fingerprint density at radius 1 is 0.923 bits per heavy atom. The van der Waals surface area contributed by atoms with Crippen LogP contribution in [0.5, 0.6) is 0 Å². The molecule has 0 unspecified atom stereocenters. The second-order valence-electron chi connectivity index (χ2n) is 5.95. The van der Waals surface area contributed by atoms with Crippen molar-refractivity contribution >= 4 is 17.0 Å². The zero-order valence-electron chi connectivity index (χ0n) is 14.4. The molecule has 26 heavy (non-hydrogen) atoms. The van der Waals surface area contributed by atoms with Crippen LogP contribution in [0.25, 0.3) is 33.5 Å². The first-order valence-corrected chi connectivity index (χ1v) is 8.58. The predicted octanol–water partition coefficient (Wildman–Crippen LogP) is 5.07. The summed E-state index contributed by atoms with van der Waals surface area (Å²) in [5.74, 6) is 0.529. The Morgan fingerprint density at radius 3 is 2.35 bits per heavy atom. The number of para-hydroxylation sites is 2.